The minimum absolute atomic E-state index is 0.181. The van der Waals surface area contributed by atoms with Gasteiger partial charge in [-0.3, -0.25) is 0 Å². The van der Waals surface area contributed by atoms with Gasteiger partial charge in [-0.1, -0.05) is 23.7 Å². The summed E-state index contributed by atoms with van der Waals surface area (Å²) in [5.74, 6) is 0.327. The zero-order valence-corrected chi connectivity index (χ0v) is 11.1. The average Bonchev–Trinajstić information content (AvgIpc) is 2.37. The molecule has 1 aliphatic carbocycles. The Bertz CT molecular complexity index is 565. The van der Waals surface area contributed by atoms with Crippen molar-refractivity contribution in [2.45, 2.75) is 24.8 Å². The second-order valence-corrected chi connectivity index (χ2v) is 5.26. The number of anilines is 1. The van der Waals surface area contributed by atoms with E-state index in [2.05, 4.69) is 10.3 Å². The molecule has 1 N–H and O–H groups in total. The summed E-state index contributed by atoms with van der Waals surface area (Å²) in [7, 11) is 0. The lowest BCUT2D eigenvalue weighted by Crippen LogP contribution is -2.34. The first kappa shape index (κ1) is 12.4. The Morgan fingerprint density at radius 2 is 1.89 bits per heavy atom. The molecule has 1 heterocycles. The maximum Gasteiger partial charge on any atom is 0.152 e. The molecule has 1 fully saturated rings. The van der Waals surface area contributed by atoms with Crippen LogP contribution >= 0.6 is 11.6 Å². The first-order valence-corrected chi connectivity index (χ1v) is 6.72. The van der Waals surface area contributed by atoms with E-state index >= 15 is 0 Å². The van der Waals surface area contributed by atoms with Crippen LogP contribution in [-0.4, -0.2) is 11.0 Å². The van der Waals surface area contributed by atoms with Crippen molar-refractivity contribution < 1.29 is 4.39 Å². The van der Waals surface area contributed by atoms with E-state index in [1.165, 1.54) is 17.7 Å². The highest BCUT2D eigenvalue weighted by molar-refractivity contribution is 6.31. The summed E-state index contributed by atoms with van der Waals surface area (Å²) < 4.78 is 12.8. The average molecular weight is 277 g/mol. The molecule has 3 rings (SSSR count). The van der Waals surface area contributed by atoms with Crippen molar-refractivity contribution in [3.05, 3.63) is 59.1 Å². The number of rotatable bonds is 3. The number of pyridine rings is 1. The third kappa shape index (κ3) is 2.71. The number of halogens is 2. The van der Waals surface area contributed by atoms with E-state index < -0.39 is 0 Å². The zero-order chi connectivity index (χ0) is 13.2. The number of hydrogen-bond acceptors (Lipinski definition) is 2. The Morgan fingerprint density at radius 1 is 1.16 bits per heavy atom. The van der Waals surface area contributed by atoms with Crippen LogP contribution in [0.3, 0.4) is 0 Å². The lowest BCUT2D eigenvalue weighted by Gasteiger charge is -2.37. The Labute approximate surface area is 116 Å². The van der Waals surface area contributed by atoms with Crippen molar-refractivity contribution in [2.75, 3.05) is 5.32 Å². The molecule has 1 aliphatic rings. The van der Waals surface area contributed by atoms with Gasteiger partial charge < -0.3 is 5.32 Å². The molecule has 4 heteroatoms. The van der Waals surface area contributed by atoms with Crippen molar-refractivity contribution in [3.8, 4) is 0 Å². The molecule has 1 saturated carbocycles. The molecule has 0 saturated heterocycles. The van der Waals surface area contributed by atoms with E-state index in [9.17, 15) is 4.39 Å². The second kappa shape index (κ2) is 5.17. The molecule has 0 radical (unpaired) electrons. The van der Waals surface area contributed by atoms with Crippen molar-refractivity contribution in [2.24, 2.45) is 0 Å². The number of nitrogens with zero attached hydrogens (tertiary/aromatic N) is 1. The lowest BCUT2D eigenvalue weighted by molar-refractivity contribution is 0.374. The molecule has 0 unspecified atom stereocenters. The van der Waals surface area contributed by atoms with Gasteiger partial charge in [-0.15, -0.1) is 0 Å². The van der Waals surface area contributed by atoms with Crippen LogP contribution in [0.2, 0.25) is 5.15 Å². The molecular weight excluding hydrogens is 263 g/mol. The molecule has 19 heavy (non-hydrogen) atoms. The summed E-state index contributed by atoms with van der Waals surface area (Å²) in [6.45, 7) is 0. The van der Waals surface area contributed by atoms with Gasteiger partial charge in [0.15, 0.2) is 5.15 Å². The lowest BCUT2D eigenvalue weighted by atomic mass is 9.76. The molecule has 0 aliphatic heterocycles. The highest BCUT2D eigenvalue weighted by atomic mass is 35.5. The van der Waals surface area contributed by atoms with Crippen molar-refractivity contribution in [1.29, 1.82) is 0 Å². The van der Waals surface area contributed by atoms with Gasteiger partial charge in [0.05, 0.1) is 5.69 Å². The molecular formula is C15H14ClFN2. The smallest absolute Gasteiger partial charge is 0.152 e. The van der Waals surface area contributed by atoms with Gasteiger partial charge in [-0.05, 0) is 48.6 Å². The maximum absolute atomic E-state index is 12.8. The number of nitrogens with one attached hydrogen (secondary N) is 1. The standard InChI is InChI=1S/C15H14ClFN2/c16-15-14(2-1-7-18-15)19-13-8-11(9-13)10-3-5-12(17)6-4-10/h1-7,11,13,19H,8-9H2. The topological polar surface area (TPSA) is 24.9 Å². The summed E-state index contributed by atoms with van der Waals surface area (Å²) in [5, 5.41) is 3.90. The SMILES string of the molecule is Fc1ccc(C2CC(Nc3cccnc3Cl)C2)cc1. The summed E-state index contributed by atoms with van der Waals surface area (Å²) in [6.07, 6.45) is 3.75. The zero-order valence-electron chi connectivity index (χ0n) is 10.3. The fraction of sp³-hybridized carbons (Fsp3) is 0.267. The normalized spacial score (nSPS) is 21.8. The van der Waals surface area contributed by atoms with Crippen LogP contribution in [-0.2, 0) is 0 Å². The van der Waals surface area contributed by atoms with Crippen molar-refractivity contribution >= 4 is 17.3 Å². The van der Waals surface area contributed by atoms with Crippen LogP contribution in [0.25, 0.3) is 0 Å². The molecule has 0 bridgehead atoms. The van der Waals surface area contributed by atoms with Gasteiger partial charge in [0.25, 0.3) is 0 Å². The number of aromatic nitrogens is 1. The van der Waals surface area contributed by atoms with Gasteiger partial charge in [0, 0.05) is 12.2 Å². The van der Waals surface area contributed by atoms with Crippen molar-refractivity contribution in [3.63, 3.8) is 0 Å². The van der Waals surface area contributed by atoms with Gasteiger partial charge >= 0.3 is 0 Å². The monoisotopic (exact) mass is 276 g/mol. The van der Waals surface area contributed by atoms with Gasteiger partial charge in [-0.25, -0.2) is 9.37 Å². The predicted molar refractivity (Wildman–Crippen MR) is 75.0 cm³/mol. The summed E-state index contributed by atoms with van der Waals surface area (Å²) in [6, 6.07) is 11.0. The summed E-state index contributed by atoms with van der Waals surface area (Å²) in [4.78, 5) is 4.04. The Hall–Kier alpha value is -1.61. The highest BCUT2D eigenvalue weighted by Crippen LogP contribution is 2.39. The molecule has 0 amide bonds. The number of hydrogen-bond donors (Lipinski definition) is 1. The Kier molecular flexibility index (Phi) is 3.38. The molecule has 1 aromatic carbocycles. The third-order valence-corrected chi connectivity index (χ3v) is 3.90. The van der Waals surface area contributed by atoms with Crippen LogP contribution in [0.5, 0.6) is 0 Å². The molecule has 2 nitrogen and oxygen atoms in total. The van der Waals surface area contributed by atoms with E-state index in [0.717, 1.165) is 18.5 Å². The number of benzene rings is 1. The van der Waals surface area contributed by atoms with E-state index in [4.69, 9.17) is 11.6 Å². The van der Waals surface area contributed by atoms with Gasteiger partial charge in [0.2, 0.25) is 0 Å². The quantitative estimate of drug-likeness (QED) is 0.849. The van der Waals surface area contributed by atoms with Crippen LogP contribution in [0.15, 0.2) is 42.6 Å². The van der Waals surface area contributed by atoms with E-state index in [1.807, 2.05) is 24.3 Å². The maximum atomic E-state index is 12.8. The summed E-state index contributed by atoms with van der Waals surface area (Å²) >= 11 is 6.00. The molecule has 0 spiro atoms. The Balaban J connectivity index is 1.58. The van der Waals surface area contributed by atoms with Crippen LogP contribution in [0, 0.1) is 5.82 Å². The minimum atomic E-state index is -0.181. The third-order valence-electron chi connectivity index (χ3n) is 3.60. The van der Waals surface area contributed by atoms with E-state index in [1.54, 1.807) is 6.20 Å². The summed E-state index contributed by atoms with van der Waals surface area (Å²) in [5.41, 5.74) is 2.09. The fourth-order valence-electron chi connectivity index (χ4n) is 2.46. The largest absolute Gasteiger partial charge is 0.380 e. The highest BCUT2D eigenvalue weighted by Gasteiger charge is 2.30. The fourth-order valence-corrected chi connectivity index (χ4v) is 2.63. The van der Waals surface area contributed by atoms with Crippen LogP contribution in [0.4, 0.5) is 10.1 Å². The molecule has 98 valence electrons. The van der Waals surface area contributed by atoms with Crippen LogP contribution in [0.1, 0.15) is 24.3 Å². The van der Waals surface area contributed by atoms with Gasteiger partial charge in [-0.2, -0.15) is 0 Å². The Morgan fingerprint density at radius 3 is 2.58 bits per heavy atom. The second-order valence-electron chi connectivity index (χ2n) is 4.90. The minimum Gasteiger partial charge on any atom is -0.380 e. The molecule has 0 atom stereocenters. The van der Waals surface area contributed by atoms with E-state index in [0.29, 0.717) is 17.1 Å². The van der Waals surface area contributed by atoms with E-state index in [-0.39, 0.29) is 5.82 Å². The van der Waals surface area contributed by atoms with Crippen LogP contribution < -0.4 is 5.32 Å². The molecule has 1 aromatic heterocycles. The van der Waals surface area contributed by atoms with Crippen molar-refractivity contribution in [1.82, 2.24) is 4.98 Å². The predicted octanol–water partition coefficient (Wildman–Crippen LogP) is 4.23. The molecule has 2 aromatic rings. The van der Waals surface area contributed by atoms with Gasteiger partial charge in [0.1, 0.15) is 5.82 Å². The first-order valence-electron chi connectivity index (χ1n) is 6.35. The first-order chi connectivity index (χ1) is 9.22.